The van der Waals surface area contributed by atoms with Crippen molar-refractivity contribution in [2.75, 3.05) is 6.54 Å². The Labute approximate surface area is 132 Å². The van der Waals surface area contributed by atoms with Gasteiger partial charge in [-0.3, -0.25) is 9.69 Å². The third-order valence-electron chi connectivity index (χ3n) is 4.53. The molecule has 1 unspecified atom stereocenters. The van der Waals surface area contributed by atoms with Gasteiger partial charge in [0.1, 0.15) is 11.6 Å². The molecule has 0 radical (unpaired) electrons. The lowest BCUT2D eigenvalue weighted by Gasteiger charge is -2.19. The van der Waals surface area contributed by atoms with Gasteiger partial charge in [-0.25, -0.2) is 9.37 Å². The summed E-state index contributed by atoms with van der Waals surface area (Å²) in [5.74, 6) is 0.764. The first-order valence-electron chi connectivity index (χ1n) is 7.88. The number of nitrogens with one attached hydrogen (secondary N) is 1. The fourth-order valence-corrected chi connectivity index (χ4v) is 3.12. The van der Waals surface area contributed by atoms with Crippen LogP contribution < -0.4 is 5.56 Å². The van der Waals surface area contributed by atoms with E-state index in [0.29, 0.717) is 24.6 Å². The van der Waals surface area contributed by atoms with Gasteiger partial charge in [-0.15, -0.1) is 0 Å². The largest absolute Gasteiger partial charge is 0.387 e. The van der Waals surface area contributed by atoms with E-state index < -0.39 is 11.9 Å². The van der Waals surface area contributed by atoms with Gasteiger partial charge >= 0.3 is 0 Å². The van der Waals surface area contributed by atoms with Crippen molar-refractivity contribution in [3.05, 3.63) is 63.1 Å². The summed E-state index contributed by atoms with van der Waals surface area (Å²) in [6.45, 7) is 1.23. The van der Waals surface area contributed by atoms with Gasteiger partial charge in [0.15, 0.2) is 0 Å². The van der Waals surface area contributed by atoms with Crippen LogP contribution in [-0.2, 0) is 13.1 Å². The minimum absolute atomic E-state index is 0.0835. The molecule has 2 heterocycles. The number of H-pyrrole nitrogens is 1. The zero-order valence-electron chi connectivity index (χ0n) is 12.6. The Bertz CT molecular complexity index is 801. The fraction of sp³-hybridized carbons (Fsp3) is 0.412. The molecule has 0 bridgehead atoms. The minimum Gasteiger partial charge on any atom is -0.387 e. The van der Waals surface area contributed by atoms with Crippen molar-refractivity contribution in [2.45, 2.75) is 38.0 Å². The van der Waals surface area contributed by atoms with Crippen molar-refractivity contribution in [3.63, 3.8) is 0 Å². The highest BCUT2D eigenvalue weighted by atomic mass is 19.1. The number of aromatic nitrogens is 2. The van der Waals surface area contributed by atoms with Gasteiger partial charge in [-0.05, 0) is 18.9 Å². The van der Waals surface area contributed by atoms with Crippen LogP contribution in [0.4, 0.5) is 4.39 Å². The normalized spacial score (nSPS) is 18.9. The Morgan fingerprint density at radius 1 is 1.35 bits per heavy atom. The molecule has 1 aromatic heterocycles. The monoisotopic (exact) mass is 315 g/mol. The Hall–Kier alpha value is -2.05. The highest BCUT2D eigenvalue weighted by molar-refractivity contribution is 5.25. The molecule has 1 aliphatic carbocycles. The molecule has 1 fully saturated rings. The summed E-state index contributed by atoms with van der Waals surface area (Å²) in [7, 11) is 0. The van der Waals surface area contributed by atoms with Crippen LogP contribution in [0, 0.1) is 5.82 Å². The molecule has 2 aromatic rings. The molecular formula is C17H18FN3O2. The maximum atomic E-state index is 13.7. The van der Waals surface area contributed by atoms with Crippen LogP contribution in [-0.4, -0.2) is 26.5 Å². The van der Waals surface area contributed by atoms with E-state index in [1.807, 2.05) is 4.90 Å². The van der Waals surface area contributed by atoms with Crippen LogP contribution in [0.3, 0.4) is 0 Å². The predicted octanol–water partition coefficient (Wildman–Crippen LogP) is 1.84. The van der Waals surface area contributed by atoms with Crippen molar-refractivity contribution < 1.29 is 9.50 Å². The molecular weight excluding hydrogens is 297 g/mol. The number of aromatic amines is 1. The van der Waals surface area contributed by atoms with Crippen molar-refractivity contribution in [3.8, 4) is 0 Å². The summed E-state index contributed by atoms with van der Waals surface area (Å²) in [6.07, 6.45) is 1.24. The number of halogens is 1. The minimum atomic E-state index is -0.924. The molecule has 2 aliphatic rings. The van der Waals surface area contributed by atoms with Crippen molar-refractivity contribution >= 4 is 0 Å². The Kier molecular flexibility index (Phi) is 3.50. The molecule has 120 valence electrons. The van der Waals surface area contributed by atoms with Crippen LogP contribution in [0.5, 0.6) is 0 Å². The van der Waals surface area contributed by atoms with E-state index in [1.165, 1.54) is 6.07 Å². The second kappa shape index (κ2) is 5.54. The zero-order valence-corrected chi connectivity index (χ0v) is 12.6. The molecule has 1 aliphatic heterocycles. The molecule has 1 aromatic carbocycles. The van der Waals surface area contributed by atoms with E-state index in [0.717, 1.165) is 24.4 Å². The van der Waals surface area contributed by atoms with Crippen molar-refractivity contribution in [2.24, 2.45) is 0 Å². The number of hydrogen-bond donors (Lipinski definition) is 2. The predicted molar refractivity (Wildman–Crippen MR) is 82.3 cm³/mol. The number of β-amino-alcohol motifs (C(OH)–C–C–N with tert-alkyl or cyclic N) is 1. The third-order valence-corrected chi connectivity index (χ3v) is 4.53. The fourth-order valence-electron chi connectivity index (χ4n) is 3.12. The Balaban J connectivity index is 1.51. The highest BCUT2D eigenvalue weighted by Crippen LogP contribution is 2.38. The molecule has 0 saturated heterocycles. The first-order valence-corrected chi connectivity index (χ1v) is 7.88. The Morgan fingerprint density at radius 3 is 2.87 bits per heavy atom. The van der Waals surface area contributed by atoms with E-state index in [1.54, 1.807) is 18.2 Å². The van der Waals surface area contributed by atoms with Crippen LogP contribution in [0.1, 0.15) is 47.5 Å². The maximum absolute atomic E-state index is 13.7. The molecule has 23 heavy (non-hydrogen) atoms. The molecule has 6 heteroatoms. The van der Waals surface area contributed by atoms with Crippen LogP contribution in [0.25, 0.3) is 0 Å². The quantitative estimate of drug-likeness (QED) is 0.903. The van der Waals surface area contributed by atoms with Gasteiger partial charge in [0, 0.05) is 31.1 Å². The van der Waals surface area contributed by atoms with E-state index in [4.69, 9.17) is 0 Å². The SMILES string of the molecule is O=c1[nH]c(C2CC2)nc2c1CN(CC(O)c1ccccc1F)C2. The number of fused-ring (bicyclic) bond motifs is 1. The second-order valence-corrected chi connectivity index (χ2v) is 6.36. The van der Waals surface area contributed by atoms with Gasteiger partial charge in [0.05, 0.1) is 17.4 Å². The number of nitrogens with zero attached hydrogens (tertiary/aromatic N) is 2. The van der Waals surface area contributed by atoms with E-state index >= 15 is 0 Å². The van der Waals surface area contributed by atoms with E-state index in [9.17, 15) is 14.3 Å². The molecule has 1 atom stereocenters. The summed E-state index contributed by atoms with van der Waals surface area (Å²) in [5, 5.41) is 10.3. The van der Waals surface area contributed by atoms with E-state index in [2.05, 4.69) is 9.97 Å². The molecule has 0 spiro atoms. The first kappa shape index (κ1) is 14.5. The summed E-state index contributed by atoms with van der Waals surface area (Å²) in [4.78, 5) is 21.5. The summed E-state index contributed by atoms with van der Waals surface area (Å²) in [6, 6.07) is 6.22. The van der Waals surface area contributed by atoms with Crippen molar-refractivity contribution in [1.29, 1.82) is 0 Å². The van der Waals surface area contributed by atoms with Gasteiger partial charge in [0.25, 0.3) is 5.56 Å². The Morgan fingerprint density at radius 2 is 2.13 bits per heavy atom. The third kappa shape index (κ3) is 2.80. The van der Waals surface area contributed by atoms with Crippen LogP contribution in [0.2, 0.25) is 0 Å². The smallest absolute Gasteiger partial charge is 0.255 e. The lowest BCUT2D eigenvalue weighted by Crippen LogP contribution is -2.24. The van der Waals surface area contributed by atoms with Crippen molar-refractivity contribution in [1.82, 2.24) is 14.9 Å². The number of hydrogen-bond acceptors (Lipinski definition) is 4. The standard InChI is InChI=1S/C17H18FN3O2/c18-13-4-2-1-3-11(13)15(22)9-21-7-12-14(8-21)19-16(10-5-6-10)20-17(12)23/h1-4,10,15,22H,5-9H2,(H,19,20,23). The molecule has 5 nitrogen and oxygen atoms in total. The second-order valence-electron chi connectivity index (χ2n) is 6.36. The summed E-state index contributed by atoms with van der Waals surface area (Å²) >= 11 is 0. The topological polar surface area (TPSA) is 69.2 Å². The lowest BCUT2D eigenvalue weighted by molar-refractivity contribution is 0.109. The lowest BCUT2D eigenvalue weighted by atomic mass is 10.1. The molecule has 2 N–H and O–H groups in total. The van der Waals surface area contributed by atoms with Gasteiger partial charge < -0.3 is 10.1 Å². The average Bonchev–Trinajstić information content (AvgIpc) is 3.29. The molecule has 4 rings (SSSR count). The summed E-state index contributed by atoms with van der Waals surface area (Å²) in [5.41, 5.74) is 1.65. The van der Waals surface area contributed by atoms with Gasteiger partial charge in [0.2, 0.25) is 0 Å². The summed E-state index contributed by atoms with van der Waals surface area (Å²) < 4.78 is 13.7. The number of rotatable bonds is 4. The van der Waals surface area contributed by atoms with Crippen LogP contribution in [0.15, 0.2) is 29.1 Å². The first-order chi connectivity index (χ1) is 11.1. The maximum Gasteiger partial charge on any atom is 0.255 e. The molecule has 0 amide bonds. The zero-order chi connectivity index (χ0) is 16.0. The number of aliphatic hydroxyl groups excluding tert-OH is 1. The van der Waals surface area contributed by atoms with Gasteiger partial charge in [-0.1, -0.05) is 18.2 Å². The van der Waals surface area contributed by atoms with E-state index in [-0.39, 0.29) is 17.7 Å². The molecule has 1 saturated carbocycles. The van der Waals surface area contributed by atoms with Gasteiger partial charge in [-0.2, -0.15) is 0 Å². The number of benzene rings is 1. The number of aliphatic hydroxyl groups is 1. The van der Waals surface area contributed by atoms with Crippen LogP contribution >= 0.6 is 0 Å². The average molecular weight is 315 g/mol. The highest BCUT2D eigenvalue weighted by Gasteiger charge is 2.31.